The lowest BCUT2D eigenvalue weighted by molar-refractivity contribution is 0.574. The SMILES string of the molecule is O=S(=O)(NCc1nc2ccccc2[nH]1)c1cncc(F)c1. The third kappa shape index (κ3) is 2.91. The van der Waals surface area contributed by atoms with Gasteiger partial charge in [0, 0.05) is 6.20 Å². The number of aromatic amines is 1. The number of sulfonamides is 1. The zero-order valence-corrected chi connectivity index (χ0v) is 11.6. The summed E-state index contributed by atoms with van der Waals surface area (Å²) in [5.74, 6) is -0.231. The van der Waals surface area contributed by atoms with Crippen LogP contribution < -0.4 is 4.72 Å². The smallest absolute Gasteiger partial charge is 0.242 e. The summed E-state index contributed by atoms with van der Waals surface area (Å²) in [6.45, 7) is -0.0203. The molecule has 0 bridgehead atoms. The minimum absolute atomic E-state index is 0.0203. The first-order valence-corrected chi connectivity index (χ1v) is 7.57. The molecule has 8 heteroatoms. The molecule has 0 radical (unpaired) electrons. The fraction of sp³-hybridized carbons (Fsp3) is 0.0769. The molecule has 2 N–H and O–H groups in total. The van der Waals surface area contributed by atoms with Crippen LogP contribution in [0.25, 0.3) is 11.0 Å². The number of imidazole rings is 1. The normalized spacial score (nSPS) is 11.9. The molecule has 0 spiro atoms. The molecule has 0 unspecified atom stereocenters. The van der Waals surface area contributed by atoms with E-state index in [0.717, 1.165) is 29.5 Å². The number of halogens is 1. The van der Waals surface area contributed by atoms with E-state index >= 15 is 0 Å². The fourth-order valence-corrected chi connectivity index (χ4v) is 2.84. The van der Waals surface area contributed by atoms with Crippen molar-refractivity contribution in [3.63, 3.8) is 0 Å². The molecular formula is C13H11FN4O2S. The van der Waals surface area contributed by atoms with Crippen molar-refractivity contribution in [3.8, 4) is 0 Å². The molecule has 0 atom stereocenters. The predicted molar refractivity (Wildman–Crippen MR) is 74.3 cm³/mol. The van der Waals surface area contributed by atoms with E-state index in [1.54, 1.807) is 0 Å². The highest BCUT2D eigenvalue weighted by Gasteiger charge is 2.15. The molecule has 1 aromatic carbocycles. The summed E-state index contributed by atoms with van der Waals surface area (Å²) < 4.78 is 39.4. The topological polar surface area (TPSA) is 87.7 Å². The molecule has 3 rings (SSSR count). The third-order valence-corrected chi connectivity index (χ3v) is 4.23. The molecule has 3 aromatic rings. The van der Waals surface area contributed by atoms with Crippen LogP contribution >= 0.6 is 0 Å². The maximum atomic E-state index is 13.0. The van der Waals surface area contributed by atoms with Gasteiger partial charge in [-0.3, -0.25) is 4.98 Å². The van der Waals surface area contributed by atoms with Gasteiger partial charge in [0.05, 0.1) is 23.8 Å². The predicted octanol–water partition coefficient (Wildman–Crippen LogP) is 1.58. The number of hydrogen-bond donors (Lipinski definition) is 2. The van der Waals surface area contributed by atoms with Gasteiger partial charge in [0.25, 0.3) is 0 Å². The Labute approximate surface area is 120 Å². The Kier molecular flexibility index (Phi) is 3.40. The summed E-state index contributed by atoms with van der Waals surface area (Å²) in [5, 5.41) is 0. The second kappa shape index (κ2) is 5.23. The van der Waals surface area contributed by atoms with Crippen molar-refractivity contribution in [2.24, 2.45) is 0 Å². The molecule has 0 aliphatic heterocycles. The Hall–Kier alpha value is -2.32. The molecule has 0 amide bonds. The van der Waals surface area contributed by atoms with Crippen molar-refractivity contribution in [2.45, 2.75) is 11.4 Å². The maximum absolute atomic E-state index is 13.0. The van der Waals surface area contributed by atoms with Gasteiger partial charge in [0.1, 0.15) is 16.5 Å². The fourth-order valence-electron chi connectivity index (χ4n) is 1.88. The average Bonchev–Trinajstić information content (AvgIpc) is 2.88. The van der Waals surface area contributed by atoms with Gasteiger partial charge in [-0.25, -0.2) is 22.5 Å². The summed E-state index contributed by atoms with van der Waals surface area (Å²) in [4.78, 5) is 10.6. The summed E-state index contributed by atoms with van der Waals surface area (Å²) >= 11 is 0. The number of benzene rings is 1. The number of rotatable bonds is 4. The van der Waals surface area contributed by atoms with E-state index in [9.17, 15) is 12.8 Å². The molecule has 0 saturated heterocycles. The highest BCUT2D eigenvalue weighted by atomic mass is 32.2. The van der Waals surface area contributed by atoms with Gasteiger partial charge in [0.15, 0.2) is 0 Å². The number of fused-ring (bicyclic) bond motifs is 1. The first kappa shape index (κ1) is 13.7. The third-order valence-electron chi connectivity index (χ3n) is 2.86. The summed E-state index contributed by atoms with van der Waals surface area (Å²) in [6, 6.07) is 8.27. The van der Waals surface area contributed by atoms with E-state index in [1.165, 1.54) is 0 Å². The Morgan fingerprint density at radius 3 is 2.81 bits per heavy atom. The van der Waals surface area contributed by atoms with E-state index in [2.05, 4.69) is 19.7 Å². The molecule has 0 aliphatic rings. The number of para-hydroxylation sites is 2. The highest BCUT2D eigenvalue weighted by Crippen LogP contribution is 2.12. The Balaban J connectivity index is 1.80. The van der Waals surface area contributed by atoms with E-state index in [-0.39, 0.29) is 11.4 Å². The van der Waals surface area contributed by atoms with Crippen molar-refractivity contribution in [3.05, 3.63) is 54.4 Å². The maximum Gasteiger partial charge on any atom is 0.242 e. The van der Waals surface area contributed by atoms with Crippen LogP contribution in [0.1, 0.15) is 5.82 Å². The summed E-state index contributed by atoms with van der Waals surface area (Å²) in [5.41, 5.74) is 1.57. The van der Waals surface area contributed by atoms with Gasteiger partial charge in [0.2, 0.25) is 10.0 Å². The van der Waals surface area contributed by atoms with Gasteiger partial charge >= 0.3 is 0 Å². The molecule has 0 fully saturated rings. The lowest BCUT2D eigenvalue weighted by Gasteiger charge is -2.04. The Bertz CT molecular complexity index is 859. The van der Waals surface area contributed by atoms with Crippen LogP contribution in [0, 0.1) is 5.82 Å². The summed E-state index contributed by atoms with van der Waals surface area (Å²) in [6.07, 6.45) is 2.03. The van der Waals surface area contributed by atoms with Crippen LogP contribution in [0.5, 0.6) is 0 Å². The van der Waals surface area contributed by atoms with Crippen molar-refractivity contribution >= 4 is 21.1 Å². The van der Waals surface area contributed by atoms with Crippen LogP contribution in [0.3, 0.4) is 0 Å². The van der Waals surface area contributed by atoms with Crippen molar-refractivity contribution < 1.29 is 12.8 Å². The van der Waals surface area contributed by atoms with Crippen LogP contribution in [-0.2, 0) is 16.6 Å². The first-order chi connectivity index (χ1) is 10.0. The molecule has 21 heavy (non-hydrogen) atoms. The highest BCUT2D eigenvalue weighted by molar-refractivity contribution is 7.89. The zero-order chi connectivity index (χ0) is 14.9. The first-order valence-electron chi connectivity index (χ1n) is 6.08. The van der Waals surface area contributed by atoms with Crippen molar-refractivity contribution in [2.75, 3.05) is 0 Å². The second-order valence-electron chi connectivity index (χ2n) is 4.36. The van der Waals surface area contributed by atoms with Crippen LogP contribution in [-0.4, -0.2) is 23.4 Å². The average molecular weight is 306 g/mol. The van der Waals surface area contributed by atoms with Gasteiger partial charge in [-0.1, -0.05) is 12.1 Å². The number of pyridine rings is 1. The van der Waals surface area contributed by atoms with Crippen LogP contribution in [0.4, 0.5) is 4.39 Å². The van der Waals surface area contributed by atoms with Crippen molar-refractivity contribution in [1.29, 1.82) is 0 Å². The van der Waals surface area contributed by atoms with E-state index in [1.807, 2.05) is 24.3 Å². The molecule has 0 saturated carbocycles. The van der Waals surface area contributed by atoms with Gasteiger partial charge in [-0.2, -0.15) is 0 Å². The quantitative estimate of drug-likeness (QED) is 0.766. The van der Waals surface area contributed by atoms with Crippen molar-refractivity contribution in [1.82, 2.24) is 19.7 Å². The lowest BCUT2D eigenvalue weighted by atomic mass is 10.3. The summed E-state index contributed by atoms with van der Waals surface area (Å²) in [7, 11) is -3.83. The van der Waals surface area contributed by atoms with Crippen LogP contribution in [0.2, 0.25) is 0 Å². The van der Waals surface area contributed by atoms with E-state index in [4.69, 9.17) is 0 Å². The number of hydrogen-bond acceptors (Lipinski definition) is 4. The number of nitrogens with one attached hydrogen (secondary N) is 2. The van der Waals surface area contributed by atoms with Gasteiger partial charge in [-0.05, 0) is 18.2 Å². The van der Waals surface area contributed by atoms with E-state index in [0.29, 0.717) is 5.82 Å². The second-order valence-corrected chi connectivity index (χ2v) is 6.13. The molecule has 6 nitrogen and oxygen atoms in total. The molecule has 2 aromatic heterocycles. The standard InChI is InChI=1S/C13H11FN4O2S/c14-9-5-10(7-15-6-9)21(19,20)16-8-13-17-11-3-1-2-4-12(11)18-13/h1-7,16H,8H2,(H,17,18). The number of nitrogens with zero attached hydrogens (tertiary/aromatic N) is 2. The van der Waals surface area contributed by atoms with Gasteiger partial charge in [-0.15, -0.1) is 0 Å². The minimum Gasteiger partial charge on any atom is -0.341 e. The van der Waals surface area contributed by atoms with E-state index < -0.39 is 15.8 Å². The lowest BCUT2D eigenvalue weighted by Crippen LogP contribution is -2.24. The monoisotopic (exact) mass is 306 g/mol. The zero-order valence-electron chi connectivity index (χ0n) is 10.7. The van der Waals surface area contributed by atoms with Crippen LogP contribution in [0.15, 0.2) is 47.6 Å². The van der Waals surface area contributed by atoms with Gasteiger partial charge < -0.3 is 4.98 Å². The minimum atomic E-state index is -3.83. The molecule has 0 aliphatic carbocycles. The molecule has 108 valence electrons. The Morgan fingerprint density at radius 1 is 1.24 bits per heavy atom. The molecule has 2 heterocycles. The number of H-pyrrole nitrogens is 1. The number of aromatic nitrogens is 3. The molecular weight excluding hydrogens is 295 g/mol. The Morgan fingerprint density at radius 2 is 2.05 bits per heavy atom. The largest absolute Gasteiger partial charge is 0.341 e.